The van der Waals surface area contributed by atoms with Crippen LogP contribution in [0.5, 0.6) is 0 Å². The molecule has 140 valence electrons. The van der Waals surface area contributed by atoms with Crippen molar-refractivity contribution in [3.63, 3.8) is 0 Å². The fraction of sp³-hybridized carbons (Fsp3) is 0.250. The van der Waals surface area contributed by atoms with E-state index in [2.05, 4.69) is 5.32 Å². The van der Waals surface area contributed by atoms with Gasteiger partial charge in [-0.3, -0.25) is 9.59 Å². The molecule has 1 aliphatic rings. The lowest BCUT2D eigenvalue weighted by Crippen LogP contribution is -2.27. The molecule has 0 atom stereocenters. The Labute approximate surface area is 162 Å². The summed E-state index contributed by atoms with van der Waals surface area (Å²) in [6, 6.07) is 11.3. The number of nitrogens with zero attached hydrogens (tertiary/aromatic N) is 1. The molecule has 1 aliphatic heterocycles. The molecule has 0 spiro atoms. The largest absolute Gasteiger partial charge is 0.462 e. The number of esters is 1. The van der Waals surface area contributed by atoms with Gasteiger partial charge in [-0.1, -0.05) is 11.6 Å². The van der Waals surface area contributed by atoms with Gasteiger partial charge in [-0.05, 0) is 55.8 Å². The van der Waals surface area contributed by atoms with Crippen molar-refractivity contribution in [1.82, 2.24) is 0 Å². The first kappa shape index (κ1) is 18.9. The number of benzene rings is 2. The SMILES string of the molecule is CCOC(=O)c1ccc(NC(=O)c2ccc(Cl)cc2N2CCCC2=O)cc1. The quantitative estimate of drug-likeness (QED) is 0.791. The zero-order chi connectivity index (χ0) is 19.4. The van der Waals surface area contributed by atoms with Gasteiger partial charge >= 0.3 is 5.97 Å². The Bertz CT molecular complexity index is 880. The smallest absolute Gasteiger partial charge is 0.338 e. The van der Waals surface area contributed by atoms with Crippen molar-refractivity contribution in [1.29, 1.82) is 0 Å². The van der Waals surface area contributed by atoms with Gasteiger partial charge in [0.05, 0.1) is 23.4 Å². The second kappa shape index (κ2) is 8.22. The van der Waals surface area contributed by atoms with Crippen molar-refractivity contribution in [2.75, 3.05) is 23.4 Å². The molecule has 0 aliphatic carbocycles. The third-order valence-corrected chi connectivity index (χ3v) is 4.46. The van der Waals surface area contributed by atoms with Crippen LogP contribution in [0.25, 0.3) is 0 Å². The fourth-order valence-corrected chi connectivity index (χ4v) is 3.09. The summed E-state index contributed by atoms with van der Waals surface area (Å²) in [5.74, 6) is -0.793. The highest BCUT2D eigenvalue weighted by molar-refractivity contribution is 6.31. The lowest BCUT2D eigenvalue weighted by atomic mass is 10.1. The maximum absolute atomic E-state index is 12.7. The summed E-state index contributed by atoms with van der Waals surface area (Å²) in [6.07, 6.45) is 1.21. The van der Waals surface area contributed by atoms with Gasteiger partial charge in [-0.25, -0.2) is 4.79 Å². The van der Waals surface area contributed by atoms with Crippen LogP contribution >= 0.6 is 11.6 Å². The molecule has 2 amide bonds. The van der Waals surface area contributed by atoms with Crippen LogP contribution in [0, 0.1) is 0 Å². The van der Waals surface area contributed by atoms with E-state index in [-0.39, 0.29) is 11.8 Å². The van der Waals surface area contributed by atoms with E-state index in [4.69, 9.17) is 16.3 Å². The van der Waals surface area contributed by atoms with Gasteiger partial charge in [0.1, 0.15) is 0 Å². The Hall–Kier alpha value is -2.86. The summed E-state index contributed by atoms with van der Waals surface area (Å²) in [6.45, 7) is 2.60. The highest BCUT2D eigenvalue weighted by atomic mass is 35.5. The normalized spacial score (nSPS) is 13.6. The van der Waals surface area contributed by atoms with Crippen LogP contribution in [-0.2, 0) is 9.53 Å². The molecule has 2 aromatic rings. The highest BCUT2D eigenvalue weighted by Gasteiger charge is 2.26. The van der Waals surface area contributed by atoms with Crippen molar-refractivity contribution in [2.45, 2.75) is 19.8 Å². The Balaban J connectivity index is 1.80. The molecule has 0 unspecified atom stereocenters. The molecule has 27 heavy (non-hydrogen) atoms. The molecule has 7 heteroatoms. The predicted molar refractivity (Wildman–Crippen MR) is 103 cm³/mol. The van der Waals surface area contributed by atoms with Gasteiger partial charge < -0.3 is 15.0 Å². The van der Waals surface area contributed by atoms with E-state index in [0.29, 0.717) is 47.1 Å². The minimum Gasteiger partial charge on any atom is -0.462 e. The monoisotopic (exact) mass is 386 g/mol. The van der Waals surface area contributed by atoms with Gasteiger partial charge in [0, 0.05) is 23.7 Å². The molecule has 1 saturated heterocycles. The first-order valence-electron chi connectivity index (χ1n) is 8.68. The number of halogens is 1. The summed E-state index contributed by atoms with van der Waals surface area (Å²) >= 11 is 6.07. The molecule has 2 aromatic carbocycles. The Morgan fingerprint density at radius 3 is 2.56 bits per heavy atom. The molecule has 6 nitrogen and oxygen atoms in total. The van der Waals surface area contributed by atoms with Gasteiger partial charge in [-0.2, -0.15) is 0 Å². The third-order valence-electron chi connectivity index (χ3n) is 4.22. The fourth-order valence-electron chi connectivity index (χ4n) is 2.93. The summed E-state index contributed by atoms with van der Waals surface area (Å²) in [5, 5.41) is 3.24. The third kappa shape index (κ3) is 4.28. The van der Waals surface area contributed by atoms with Crippen LogP contribution in [-0.4, -0.2) is 30.9 Å². The van der Waals surface area contributed by atoms with Gasteiger partial charge in [0.2, 0.25) is 5.91 Å². The van der Waals surface area contributed by atoms with Crippen LogP contribution in [0.3, 0.4) is 0 Å². The number of anilines is 2. The highest BCUT2D eigenvalue weighted by Crippen LogP contribution is 2.29. The van der Waals surface area contributed by atoms with Gasteiger partial charge in [-0.15, -0.1) is 0 Å². The molecule has 0 radical (unpaired) electrons. The molecule has 0 bridgehead atoms. The van der Waals surface area contributed by atoms with Crippen LogP contribution < -0.4 is 10.2 Å². The van der Waals surface area contributed by atoms with Crippen LogP contribution in [0.15, 0.2) is 42.5 Å². The lowest BCUT2D eigenvalue weighted by molar-refractivity contribution is -0.117. The van der Waals surface area contributed by atoms with Crippen LogP contribution in [0.4, 0.5) is 11.4 Å². The van der Waals surface area contributed by atoms with E-state index in [1.165, 1.54) is 0 Å². The molecule has 3 rings (SSSR count). The topological polar surface area (TPSA) is 75.7 Å². The number of ether oxygens (including phenoxy) is 1. The molecule has 0 saturated carbocycles. The summed E-state index contributed by atoms with van der Waals surface area (Å²) < 4.78 is 4.94. The second-order valence-corrected chi connectivity index (χ2v) is 6.50. The molecule has 0 aromatic heterocycles. The second-order valence-electron chi connectivity index (χ2n) is 6.06. The number of nitrogens with one attached hydrogen (secondary N) is 1. The first-order valence-corrected chi connectivity index (χ1v) is 9.06. The van der Waals surface area contributed by atoms with E-state index < -0.39 is 5.97 Å². The van der Waals surface area contributed by atoms with Crippen molar-refractivity contribution >= 4 is 40.8 Å². The van der Waals surface area contributed by atoms with Crippen molar-refractivity contribution < 1.29 is 19.1 Å². The standard InChI is InChI=1S/C20H19ClN2O4/c1-2-27-20(26)13-5-8-15(9-6-13)22-19(25)16-10-7-14(21)12-17(16)23-11-3-4-18(23)24/h5-10,12H,2-4,11H2,1H3,(H,22,25). The first-order chi connectivity index (χ1) is 13.0. The van der Waals surface area contributed by atoms with Crippen molar-refractivity contribution in [3.8, 4) is 0 Å². The maximum Gasteiger partial charge on any atom is 0.338 e. The lowest BCUT2D eigenvalue weighted by Gasteiger charge is -2.19. The Morgan fingerprint density at radius 1 is 1.19 bits per heavy atom. The van der Waals surface area contributed by atoms with Crippen LogP contribution in [0.1, 0.15) is 40.5 Å². The van der Waals surface area contributed by atoms with Crippen LogP contribution in [0.2, 0.25) is 5.02 Å². The van der Waals surface area contributed by atoms with E-state index in [0.717, 1.165) is 6.42 Å². The maximum atomic E-state index is 12.7. The van der Waals surface area contributed by atoms with Gasteiger partial charge in [0.25, 0.3) is 5.91 Å². The Kier molecular flexibility index (Phi) is 5.76. The number of amides is 2. The summed E-state index contributed by atoms with van der Waals surface area (Å²) in [5.41, 5.74) is 1.81. The molecular formula is C20H19ClN2O4. The average Bonchev–Trinajstić information content (AvgIpc) is 3.08. The number of carbonyl (C=O) groups excluding carboxylic acids is 3. The number of hydrogen-bond donors (Lipinski definition) is 1. The van der Waals surface area contributed by atoms with Crippen molar-refractivity contribution in [2.24, 2.45) is 0 Å². The molecule has 1 fully saturated rings. The van der Waals surface area contributed by atoms with E-state index in [1.807, 2.05) is 0 Å². The molecular weight excluding hydrogens is 368 g/mol. The average molecular weight is 387 g/mol. The number of hydrogen-bond acceptors (Lipinski definition) is 4. The predicted octanol–water partition coefficient (Wildman–Crippen LogP) is 3.90. The minimum absolute atomic E-state index is 0.0230. The molecule has 1 N–H and O–H groups in total. The number of carbonyl (C=O) groups is 3. The number of rotatable bonds is 5. The van der Waals surface area contributed by atoms with E-state index >= 15 is 0 Å². The minimum atomic E-state index is -0.414. The zero-order valence-corrected chi connectivity index (χ0v) is 15.6. The summed E-state index contributed by atoms with van der Waals surface area (Å²) in [4.78, 5) is 38.1. The van der Waals surface area contributed by atoms with Crippen molar-refractivity contribution in [3.05, 3.63) is 58.6 Å². The van der Waals surface area contributed by atoms with E-state index in [1.54, 1.807) is 54.3 Å². The summed E-state index contributed by atoms with van der Waals surface area (Å²) in [7, 11) is 0. The van der Waals surface area contributed by atoms with E-state index in [9.17, 15) is 14.4 Å². The van der Waals surface area contributed by atoms with Gasteiger partial charge in [0.15, 0.2) is 0 Å². The Morgan fingerprint density at radius 2 is 1.93 bits per heavy atom. The zero-order valence-electron chi connectivity index (χ0n) is 14.8. The molecule has 1 heterocycles.